The molecule has 0 rings (SSSR count). The molecule has 10 heteroatoms. The Labute approximate surface area is 276 Å². The molecular formula is C35H70NO8P. The first-order valence-corrected chi connectivity index (χ1v) is 19.7. The van der Waals surface area contributed by atoms with Crippen molar-refractivity contribution in [1.29, 1.82) is 0 Å². The summed E-state index contributed by atoms with van der Waals surface area (Å²) in [5, 5.41) is 0. The molecule has 0 aromatic heterocycles. The normalized spacial score (nSPS) is 13.8. The number of phosphoric acid groups is 1. The van der Waals surface area contributed by atoms with E-state index in [1.54, 1.807) is 0 Å². The van der Waals surface area contributed by atoms with E-state index in [1.807, 2.05) is 21.1 Å². The minimum Gasteiger partial charge on any atom is -0.756 e. The minimum absolute atomic E-state index is 0.0268. The maximum Gasteiger partial charge on any atom is 0.306 e. The van der Waals surface area contributed by atoms with Crippen LogP contribution in [0.4, 0.5) is 0 Å². The quantitative estimate of drug-likeness (QED) is 0.0297. The van der Waals surface area contributed by atoms with Gasteiger partial charge in [0.2, 0.25) is 0 Å². The summed E-state index contributed by atoms with van der Waals surface area (Å²) in [5.41, 5.74) is 0. The Morgan fingerprint density at radius 3 is 1.42 bits per heavy atom. The Balaban J connectivity index is 4.28. The summed E-state index contributed by atoms with van der Waals surface area (Å²) in [4.78, 5) is 37.0. The summed E-state index contributed by atoms with van der Waals surface area (Å²) in [6.07, 6.45) is 24.5. The first-order chi connectivity index (χ1) is 21.5. The molecule has 9 nitrogen and oxygen atoms in total. The summed E-state index contributed by atoms with van der Waals surface area (Å²) in [5.74, 6) is -0.842. The standard InChI is InChI=1S/C35H70NO8P/c1-6-8-10-12-13-14-15-16-17-18-19-20-21-22-24-26-28-35(38)44-33(31-41-34(37)27-25-23-11-9-7-2)32-43-45(39,40)42-30-29-36(3,4)5/h33H,6-32H2,1-5H3. The van der Waals surface area contributed by atoms with Gasteiger partial charge >= 0.3 is 11.9 Å². The summed E-state index contributed by atoms with van der Waals surface area (Å²) < 4.78 is 33.5. The predicted octanol–water partition coefficient (Wildman–Crippen LogP) is 8.66. The van der Waals surface area contributed by atoms with E-state index < -0.39 is 32.5 Å². The fourth-order valence-electron chi connectivity index (χ4n) is 4.95. The topological polar surface area (TPSA) is 111 Å². The van der Waals surface area contributed by atoms with Crippen molar-refractivity contribution in [2.24, 2.45) is 0 Å². The van der Waals surface area contributed by atoms with Crippen LogP contribution in [0.3, 0.4) is 0 Å². The third-order valence-electron chi connectivity index (χ3n) is 7.88. The van der Waals surface area contributed by atoms with Crippen LogP contribution in [0.5, 0.6) is 0 Å². The average Bonchev–Trinajstić information content (AvgIpc) is 2.97. The number of quaternary nitrogens is 1. The minimum atomic E-state index is -4.60. The number of unbranched alkanes of at least 4 members (excludes halogenated alkanes) is 19. The second kappa shape index (κ2) is 29.2. The Hall–Kier alpha value is -0.990. The zero-order valence-corrected chi connectivity index (χ0v) is 30.7. The van der Waals surface area contributed by atoms with Crippen molar-refractivity contribution in [3.63, 3.8) is 0 Å². The van der Waals surface area contributed by atoms with Gasteiger partial charge in [-0.25, -0.2) is 0 Å². The molecule has 0 aliphatic rings. The van der Waals surface area contributed by atoms with Gasteiger partial charge in [-0.3, -0.25) is 14.2 Å². The Bertz CT molecular complexity index is 758. The van der Waals surface area contributed by atoms with Gasteiger partial charge in [-0.15, -0.1) is 0 Å². The second-order valence-electron chi connectivity index (χ2n) is 13.6. The third kappa shape index (κ3) is 32.7. The van der Waals surface area contributed by atoms with Gasteiger partial charge < -0.3 is 27.9 Å². The highest BCUT2D eigenvalue weighted by Gasteiger charge is 2.21. The van der Waals surface area contributed by atoms with Gasteiger partial charge in [0.05, 0.1) is 27.7 Å². The van der Waals surface area contributed by atoms with Crippen LogP contribution >= 0.6 is 7.82 Å². The van der Waals surface area contributed by atoms with Crippen molar-refractivity contribution in [3.05, 3.63) is 0 Å². The van der Waals surface area contributed by atoms with E-state index in [0.29, 0.717) is 17.4 Å². The molecule has 0 fully saturated rings. The molecule has 0 spiro atoms. The van der Waals surface area contributed by atoms with Crippen LogP contribution in [0, 0.1) is 0 Å². The molecule has 0 aromatic rings. The van der Waals surface area contributed by atoms with Crippen LogP contribution in [0.15, 0.2) is 0 Å². The van der Waals surface area contributed by atoms with E-state index in [9.17, 15) is 19.0 Å². The predicted molar refractivity (Wildman–Crippen MR) is 181 cm³/mol. The SMILES string of the molecule is CCCCCCCCCCCCCCCCCCC(=O)OC(COC(=O)CCCCCCC)COP(=O)([O-])OCC[N+](C)(C)C. The fourth-order valence-corrected chi connectivity index (χ4v) is 5.68. The smallest absolute Gasteiger partial charge is 0.306 e. The molecule has 45 heavy (non-hydrogen) atoms. The maximum atomic E-state index is 12.5. The van der Waals surface area contributed by atoms with E-state index in [4.69, 9.17) is 18.5 Å². The van der Waals surface area contributed by atoms with Gasteiger partial charge in [-0.1, -0.05) is 136 Å². The molecule has 0 amide bonds. The lowest BCUT2D eigenvalue weighted by Gasteiger charge is -2.28. The first-order valence-electron chi connectivity index (χ1n) is 18.2. The molecule has 0 heterocycles. The number of rotatable bonds is 33. The molecule has 0 radical (unpaired) electrons. The fraction of sp³-hybridized carbons (Fsp3) is 0.943. The molecule has 2 atom stereocenters. The molecular weight excluding hydrogens is 593 g/mol. The highest BCUT2D eigenvalue weighted by atomic mass is 31.2. The molecule has 2 unspecified atom stereocenters. The van der Waals surface area contributed by atoms with Gasteiger partial charge in [0, 0.05) is 12.8 Å². The van der Waals surface area contributed by atoms with Gasteiger partial charge in [0.1, 0.15) is 19.8 Å². The van der Waals surface area contributed by atoms with Crippen LogP contribution in [0.2, 0.25) is 0 Å². The Morgan fingerprint density at radius 2 is 1.00 bits per heavy atom. The number of hydrogen-bond acceptors (Lipinski definition) is 8. The number of ether oxygens (including phenoxy) is 2. The lowest BCUT2D eigenvalue weighted by Crippen LogP contribution is -2.37. The van der Waals surface area contributed by atoms with Gasteiger partial charge in [-0.2, -0.15) is 0 Å². The van der Waals surface area contributed by atoms with E-state index in [2.05, 4.69) is 13.8 Å². The maximum absolute atomic E-state index is 12.5. The van der Waals surface area contributed by atoms with Crippen molar-refractivity contribution < 1.29 is 42.1 Å². The number of carbonyl (C=O) groups is 2. The van der Waals surface area contributed by atoms with Crippen LogP contribution in [-0.2, 0) is 32.7 Å². The molecule has 0 aliphatic heterocycles. The van der Waals surface area contributed by atoms with Crippen molar-refractivity contribution >= 4 is 19.8 Å². The van der Waals surface area contributed by atoms with E-state index in [-0.39, 0.29) is 26.1 Å². The largest absolute Gasteiger partial charge is 0.756 e. The molecule has 0 aliphatic carbocycles. The summed E-state index contributed by atoms with van der Waals surface area (Å²) in [7, 11) is 1.17. The monoisotopic (exact) mass is 663 g/mol. The zero-order chi connectivity index (χ0) is 33.7. The third-order valence-corrected chi connectivity index (χ3v) is 8.84. The first kappa shape index (κ1) is 44.0. The van der Waals surface area contributed by atoms with Crippen molar-refractivity contribution in [2.75, 3.05) is 47.5 Å². The Morgan fingerprint density at radius 1 is 0.600 bits per heavy atom. The molecule has 0 saturated heterocycles. The lowest BCUT2D eigenvalue weighted by atomic mass is 10.0. The van der Waals surface area contributed by atoms with Gasteiger partial charge in [0.25, 0.3) is 7.82 Å². The van der Waals surface area contributed by atoms with E-state index in [1.165, 1.54) is 83.5 Å². The van der Waals surface area contributed by atoms with Crippen molar-refractivity contribution in [1.82, 2.24) is 0 Å². The van der Waals surface area contributed by atoms with Gasteiger partial charge in [-0.05, 0) is 12.8 Å². The highest BCUT2D eigenvalue weighted by molar-refractivity contribution is 7.45. The Kier molecular flexibility index (Phi) is 28.5. The number of esters is 2. The van der Waals surface area contributed by atoms with Crippen molar-refractivity contribution in [2.45, 2.75) is 168 Å². The van der Waals surface area contributed by atoms with Gasteiger partial charge in [0.15, 0.2) is 6.10 Å². The molecule has 268 valence electrons. The van der Waals surface area contributed by atoms with E-state index in [0.717, 1.165) is 44.9 Å². The molecule has 0 aromatic carbocycles. The van der Waals surface area contributed by atoms with Crippen LogP contribution in [0.25, 0.3) is 0 Å². The number of carbonyl (C=O) groups excluding carboxylic acids is 2. The van der Waals surface area contributed by atoms with Crippen LogP contribution in [0.1, 0.15) is 162 Å². The summed E-state index contributed by atoms with van der Waals surface area (Å²) >= 11 is 0. The lowest BCUT2D eigenvalue weighted by molar-refractivity contribution is -0.870. The number of likely N-dealkylation sites (N-methyl/N-ethyl adjacent to an activating group) is 1. The number of hydrogen-bond donors (Lipinski definition) is 0. The molecule has 0 N–H and O–H groups in total. The molecule has 0 bridgehead atoms. The summed E-state index contributed by atoms with van der Waals surface area (Å²) in [6.45, 7) is 4.13. The zero-order valence-electron chi connectivity index (χ0n) is 29.8. The van der Waals surface area contributed by atoms with Crippen molar-refractivity contribution in [3.8, 4) is 0 Å². The number of nitrogens with zero attached hydrogens (tertiary/aromatic N) is 1. The van der Waals surface area contributed by atoms with Crippen LogP contribution in [-0.4, -0.2) is 70.0 Å². The average molecular weight is 664 g/mol. The van der Waals surface area contributed by atoms with E-state index >= 15 is 0 Å². The summed E-state index contributed by atoms with van der Waals surface area (Å²) in [6, 6.07) is 0. The highest BCUT2D eigenvalue weighted by Crippen LogP contribution is 2.38. The second-order valence-corrected chi connectivity index (χ2v) is 15.0. The molecule has 0 saturated carbocycles. The van der Waals surface area contributed by atoms with Crippen LogP contribution < -0.4 is 4.89 Å². The number of phosphoric ester groups is 1.